The molecule has 3 aliphatic carbocycles. The van der Waals surface area contributed by atoms with Gasteiger partial charge < -0.3 is 4.74 Å². The van der Waals surface area contributed by atoms with Crippen LogP contribution in [-0.4, -0.2) is 12.1 Å². The van der Waals surface area contributed by atoms with E-state index in [1.165, 1.54) is 12.8 Å². The molecule has 0 N–H and O–H groups in total. The van der Waals surface area contributed by atoms with Crippen LogP contribution in [0, 0.1) is 23.7 Å². The summed E-state index contributed by atoms with van der Waals surface area (Å²) in [4.78, 5) is 11.3. The topological polar surface area (TPSA) is 26.3 Å². The van der Waals surface area contributed by atoms with Crippen LogP contribution in [0.3, 0.4) is 0 Å². The third kappa shape index (κ3) is 1.34. The molecule has 15 heavy (non-hydrogen) atoms. The zero-order chi connectivity index (χ0) is 10.4. The first-order valence-electron chi connectivity index (χ1n) is 6.15. The summed E-state index contributed by atoms with van der Waals surface area (Å²) < 4.78 is 5.54. The summed E-state index contributed by atoms with van der Waals surface area (Å²) in [6.45, 7) is 1.87. The van der Waals surface area contributed by atoms with E-state index in [9.17, 15) is 4.79 Å². The van der Waals surface area contributed by atoms with E-state index >= 15 is 0 Å². The molecule has 5 atom stereocenters. The van der Waals surface area contributed by atoms with Crippen LogP contribution in [0.2, 0.25) is 0 Å². The molecule has 0 radical (unpaired) electrons. The van der Waals surface area contributed by atoms with Crippen LogP contribution in [0.4, 0.5) is 0 Å². The molecule has 0 aromatic heterocycles. The minimum Gasteiger partial charge on any atom is -0.462 e. The lowest BCUT2D eigenvalue weighted by Crippen LogP contribution is -2.32. The highest BCUT2D eigenvalue weighted by atomic mass is 16.5. The third-order valence-electron chi connectivity index (χ3n) is 4.51. The largest absolute Gasteiger partial charge is 0.462 e. The molecule has 0 aliphatic heterocycles. The van der Waals surface area contributed by atoms with Gasteiger partial charge in [0, 0.05) is 6.42 Å². The van der Waals surface area contributed by atoms with E-state index in [-0.39, 0.29) is 12.1 Å². The van der Waals surface area contributed by atoms with Gasteiger partial charge in [-0.05, 0) is 42.9 Å². The van der Waals surface area contributed by atoms with Crippen LogP contribution in [0.1, 0.15) is 32.6 Å². The van der Waals surface area contributed by atoms with Crippen molar-refractivity contribution in [1.29, 1.82) is 0 Å². The average Bonchev–Trinajstić information content (AvgIpc) is 2.87. The van der Waals surface area contributed by atoms with E-state index < -0.39 is 0 Å². The molecule has 0 spiro atoms. The van der Waals surface area contributed by atoms with E-state index in [1.807, 2.05) is 6.92 Å². The van der Waals surface area contributed by atoms with Gasteiger partial charge in [0.1, 0.15) is 6.10 Å². The minimum atomic E-state index is -0.0185. The molecule has 0 unspecified atom stereocenters. The average molecular weight is 206 g/mol. The summed E-state index contributed by atoms with van der Waals surface area (Å²) in [7, 11) is 0. The van der Waals surface area contributed by atoms with Gasteiger partial charge in [0.05, 0.1) is 0 Å². The highest BCUT2D eigenvalue weighted by Gasteiger charge is 2.53. The summed E-state index contributed by atoms with van der Waals surface area (Å²) in [5.74, 6) is 3.04. The molecule has 2 bridgehead atoms. The van der Waals surface area contributed by atoms with E-state index in [2.05, 4.69) is 12.2 Å². The first-order chi connectivity index (χ1) is 7.29. The maximum Gasteiger partial charge on any atom is 0.305 e. The SMILES string of the molecule is CCC(=O)O[C@@H]1C[C@@H]2C[C@H]1[C@@H]1CC=C[C@H]21. The van der Waals surface area contributed by atoms with Gasteiger partial charge in [0.25, 0.3) is 0 Å². The van der Waals surface area contributed by atoms with Crippen LogP contribution < -0.4 is 0 Å². The lowest BCUT2D eigenvalue weighted by molar-refractivity contribution is -0.152. The van der Waals surface area contributed by atoms with Crippen molar-refractivity contribution in [3.05, 3.63) is 12.2 Å². The Kier molecular flexibility index (Phi) is 2.11. The fourth-order valence-electron chi connectivity index (χ4n) is 3.88. The lowest BCUT2D eigenvalue weighted by Gasteiger charge is -2.30. The predicted molar refractivity (Wildman–Crippen MR) is 57.1 cm³/mol. The van der Waals surface area contributed by atoms with Crippen LogP contribution in [0.15, 0.2) is 12.2 Å². The Morgan fingerprint density at radius 1 is 1.40 bits per heavy atom. The summed E-state index contributed by atoms with van der Waals surface area (Å²) >= 11 is 0. The quantitative estimate of drug-likeness (QED) is 0.512. The van der Waals surface area contributed by atoms with Crippen molar-refractivity contribution in [2.24, 2.45) is 23.7 Å². The molecule has 0 heterocycles. The lowest BCUT2D eigenvalue weighted by atomic mass is 9.80. The number of rotatable bonds is 2. The third-order valence-corrected chi connectivity index (χ3v) is 4.51. The Labute approximate surface area is 90.7 Å². The molecule has 0 aromatic rings. The normalized spacial score (nSPS) is 45.8. The number of hydrogen-bond donors (Lipinski definition) is 0. The monoisotopic (exact) mass is 206 g/mol. The Balaban J connectivity index is 1.69. The van der Waals surface area contributed by atoms with Crippen LogP contribution >= 0.6 is 0 Å². The van der Waals surface area contributed by atoms with Gasteiger partial charge in [-0.15, -0.1) is 0 Å². The molecular weight excluding hydrogens is 188 g/mol. The Hall–Kier alpha value is -0.790. The van der Waals surface area contributed by atoms with E-state index in [0.29, 0.717) is 12.3 Å². The van der Waals surface area contributed by atoms with Gasteiger partial charge in [-0.2, -0.15) is 0 Å². The number of allylic oxidation sites excluding steroid dienone is 2. The Bertz CT molecular complexity index is 308. The molecule has 3 rings (SSSR count). The van der Waals surface area contributed by atoms with Gasteiger partial charge in [-0.25, -0.2) is 0 Å². The van der Waals surface area contributed by atoms with E-state index in [4.69, 9.17) is 4.74 Å². The van der Waals surface area contributed by atoms with Gasteiger partial charge in [-0.3, -0.25) is 4.79 Å². The molecule has 2 nitrogen and oxygen atoms in total. The highest BCUT2D eigenvalue weighted by molar-refractivity contribution is 5.69. The maximum absolute atomic E-state index is 11.3. The van der Waals surface area contributed by atoms with E-state index in [0.717, 1.165) is 24.2 Å². The molecular formula is C13H18O2. The number of ether oxygens (including phenoxy) is 1. The predicted octanol–water partition coefficient (Wildman–Crippen LogP) is 2.54. The van der Waals surface area contributed by atoms with Crippen molar-refractivity contribution in [2.45, 2.75) is 38.7 Å². The molecule has 2 heteroatoms. The summed E-state index contributed by atoms with van der Waals surface area (Å²) in [5, 5.41) is 0. The molecule has 0 aromatic carbocycles. The number of hydrogen-bond acceptors (Lipinski definition) is 2. The van der Waals surface area contributed by atoms with Gasteiger partial charge in [-0.1, -0.05) is 19.1 Å². The second-order valence-corrected chi connectivity index (χ2v) is 5.18. The van der Waals surface area contributed by atoms with Gasteiger partial charge in [0.15, 0.2) is 0 Å². The van der Waals surface area contributed by atoms with Crippen molar-refractivity contribution >= 4 is 5.97 Å². The zero-order valence-electron chi connectivity index (χ0n) is 9.19. The summed E-state index contributed by atoms with van der Waals surface area (Å²) in [6, 6.07) is 0. The van der Waals surface area contributed by atoms with E-state index in [1.54, 1.807) is 0 Å². The standard InChI is InChI=1S/C13H18O2/c1-2-13(14)15-12-7-8-6-11(12)10-5-3-4-9(8)10/h3-4,8-12H,2,5-7H2,1H3/t8-,9+,10+,11-,12+/m0/s1. The minimum absolute atomic E-state index is 0.0185. The highest BCUT2D eigenvalue weighted by Crippen LogP contribution is 2.57. The van der Waals surface area contributed by atoms with Gasteiger partial charge in [0.2, 0.25) is 0 Å². The number of fused-ring (bicyclic) bond motifs is 5. The molecule has 0 saturated heterocycles. The van der Waals surface area contributed by atoms with Crippen LogP contribution in [-0.2, 0) is 9.53 Å². The second kappa shape index (κ2) is 3.36. The van der Waals surface area contributed by atoms with Crippen LogP contribution in [0.5, 0.6) is 0 Å². The van der Waals surface area contributed by atoms with Crippen molar-refractivity contribution in [3.8, 4) is 0 Å². The van der Waals surface area contributed by atoms with Crippen molar-refractivity contribution in [1.82, 2.24) is 0 Å². The fraction of sp³-hybridized carbons (Fsp3) is 0.769. The van der Waals surface area contributed by atoms with Gasteiger partial charge >= 0.3 is 5.97 Å². The Morgan fingerprint density at radius 3 is 3.07 bits per heavy atom. The summed E-state index contributed by atoms with van der Waals surface area (Å²) in [6.07, 6.45) is 9.09. The van der Waals surface area contributed by atoms with Crippen molar-refractivity contribution in [2.75, 3.05) is 0 Å². The first-order valence-corrected chi connectivity index (χ1v) is 6.15. The van der Waals surface area contributed by atoms with Crippen LogP contribution in [0.25, 0.3) is 0 Å². The van der Waals surface area contributed by atoms with Crippen molar-refractivity contribution in [3.63, 3.8) is 0 Å². The Morgan fingerprint density at radius 2 is 2.27 bits per heavy atom. The maximum atomic E-state index is 11.3. The summed E-state index contributed by atoms with van der Waals surface area (Å²) in [5.41, 5.74) is 0. The molecule has 3 aliphatic rings. The molecule has 82 valence electrons. The number of carbonyl (C=O) groups is 1. The fourth-order valence-corrected chi connectivity index (χ4v) is 3.88. The first kappa shape index (κ1) is 9.44. The molecule has 2 fully saturated rings. The number of esters is 1. The van der Waals surface area contributed by atoms with Crippen molar-refractivity contribution < 1.29 is 9.53 Å². The molecule has 0 amide bonds. The smallest absolute Gasteiger partial charge is 0.305 e. The number of carbonyl (C=O) groups excluding carboxylic acids is 1. The second-order valence-electron chi connectivity index (χ2n) is 5.18. The zero-order valence-corrected chi connectivity index (χ0v) is 9.19. The molecule has 2 saturated carbocycles.